The van der Waals surface area contributed by atoms with Crippen molar-refractivity contribution < 1.29 is 9.47 Å². The molecule has 0 aliphatic carbocycles. The number of hydrogen-bond donors (Lipinski definition) is 1. The van der Waals surface area contributed by atoms with E-state index in [0.29, 0.717) is 39.8 Å². The number of pyridine rings is 1. The van der Waals surface area contributed by atoms with Crippen molar-refractivity contribution in [2.24, 2.45) is 0 Å². The number of benzene rings is 2. The maximum Gasteiger partial charge on any atom is 0.161 e. The van der Waals surface area contributed by atoms with Crippen LogP contribution in [0.3, 0.4) is 0 Å². The minimum absolute atomic E-state index is 0.376. The van der Waals surface area contributed by atoms with Crippen molar-refractivity contribution in [3.8, 4) is 11.5 Å². The lowest BCUT2D eigenvalue weighted by Crippen LogP contribution is -2.02. The zero-order valence-electron chi connectivity index (χ0n) is 14.5. The lowest BCUT2D eigenvalue weighted by molar-refractivity contribution is 0.284. The Labute approximate surface area is 173 Å². The van der Waals surface area contributed by atoms with Crippen molar-refractivity contribution in [1.82, 2.24) is 4.98 Å². The van der Waals surface area contributed by atoms with Crippen LogP contribution in [-0.4, -0.2) is 12.1 Å². The van der Waals surface area contributed by atoms with Crippen molar-refractivity contribution in [1.29, 1.82) is 0 Å². The first-order valence-corrected chi connectivity index (χ1v) is 9.27. The van der Waals surface area contributed by atoms with Crippen molar-refractivity contribution in [2.75, 3.05) is 12.4 Å². The van der Waals surface area contributed by atoms with E-state index in [1.807, 2.05) is 30.3 Å². The molecule has 1 aromatic heterocycles. The monoisotopic (exact) mass is 422 g/mol. The first kappa shape index (κ1) is 19.6. The van der Waals surface area contributed by atoms with E-state index in [1.54, 1.807) is 31.5 Å². The van der Waals surface area contributed by atoms with E-state index in [0.717, 1.165) is 16.8 Å². The predicted octanol–water partition coefficient (Wildman–Crippen LogP) is 6.24. The van der Waals surface area contributed by atoms with E-state index >= 15 is 0 Å². The van der Waals surface area contributed by atoms with Crippen LogP contribution >= 0.6 is 34.8 Å². The molecule has 3 aromatic rings. The number of rotatable bonds is 7. The molecule has 4 nitrogen and oxygen atoms in total. The van der Waals surface area contributed by atoms with Gasteiger partial charge >= 0.3 is 0 Å². The van der Waals surface area contributed by atoms with Crippen LogP contribution in [0.2, 0.25) is 15.2 Å². The number of hydrogen-bond acceptors (Lipinski definition) is 4. The molecule has 0 saturated carbocycles. The van der Waals surface area contributed by atoms with Crippen LogP contribution in [0.15, 0.2) is 54.7 Å². The number of nitrogens with zero attached hydrogens (tertiary/aromatic N) is 1. The molecule has 3 rings (SSSR count). The molecule has 0 bridgehead atoms. The summed E-state index contributed by atoms with van der Waals surface area (Å²) in [5.74, 6) is 1.32. The minimum Gasteiger partial charge on any atom is -0.493 e. The molecule has 0 radical (unpaired) electrons. The van der Waals surface area contributed by atoms with E-state index in [-0.39, 0.29) is 0 Å². The Hall–Kier alpha value is -2.14. The minimum atomic E-state index is 0.376. The van der Waals surface area contributed by atoms with Gasteiger partial charge in [-0.1, -0.05) is 46.9 Å². The molecule has 2 aromatic carbocycles. The Morgan fingerprint density at radius 3 is 2.41 bits per heavy atom. The topological polar surface area (TPSA) is 43.4 Å². The van der Waals surface area contributed by atoms with Crippen LogP contribution in [0, 0.1) is 0 Å². The highest BCUT2D eigenvalue weighted by atomic mass is 35.5. The van der Waals surface area contributed by atoms with Gasteiger partial charge in [-0.3, -0.25) is 0 Å². The summed E-state index contributed by atoms with van der Waals surface area (Å²) in [6.07, 6.45) is 1.68. The van der Waals surface area contributed by atoms with Crippen LogP contribution in [0.25, 0.3) is 0 Å². The maximum atomic E-state index is 6.04. The summed E-state index contributed by atoms with van der Waals surface area (Å²) in [4.78, 5) is 4.04. The smallest absolute Gasteiger partial charge is 0.161 e. The zero-order valence-corrected chi connectivity index (χ0v) is 16.8. The van der Waals surface area contributed by atoms with E-state index < -0.39 is 0 Å². The van der Waals surface area contributed by atoms with Gasteiger partial charge < -0.3 is 14.8 Å². The molecule has 0 spiro atoms. The highest BCUT2D eigenvalue weighted by Crippen LogP contribution is 2.30. The van der Waals surface area contributed by atoms with E-state index in [1.165, 1.54) is 0 Å². The summed E-state index contributed by atoms with van der Waals surface area (Å²) in [5, 5.41) is 4.80. The molecular formula is C20H17Cl3N2O2. The average molecular weight is 424 g/mol. The van der Waals surface area contributed by atoms with Gasteiger partial charge in [-0.05, 0) is 42.0 Å². The van der Waals surface area contributed by atoms with Crippen molar-refractivity contribution in [3.63, 3.8) is 0 Å². The SMILES string of the molecule is COc1cc(CNc2ccc(Cl)c(Cl)c2)ccc1OCc1ccc(Cl)nc1. The van der Waals surface area contributed by atoms with Crippen LogP contribution in [0.1, 0.15) is 11.1 Å². The number of anilines is 1. The molecule has 1 N–H and O–H groups in total. The molecule has 0 amide bonds. The molecule has 0 aliphatic heterocycles. The van der Waals surface area contributed by atoms with Gasteiger partial charge in [0.15, 0.2) is 11.5 Å². The van der Waals surface area contributed by atoms with Gasteiger partial charge in [-0.2, -0.15) is 0 Å². The first-order valence-electron chi connectivity index (χ1n) is 8.14. The summed E-state index contributed by atoms with van der Waals surface area (Å²) >= 11 is 17.8. The second-order valence-corrected chi connectivity index (χ2v) is 6.95. The van der Waals surface area contributed by atoms with Gasteiger partial charge in [0.2, 0.25) is 0 Å². The molecule has 0 aliphatic rings. The number of methoxy groups -OCH3 is 1. The second kappa shape index (κ2) is 9.18. The Bertz CT molecular complexity index is 918. The fourth-order valence-corrected chi connectivity index (χ4v) is 2.81. The first-order chi connectivity index (χ1) is 13.0. The van der Waals surface area contributed by atoms with Crippen molar-refractivity contribution >= 4 is 40.5 Å². The molecule has 0 saturated heterocycles. The van der Waals surface area contributed by atoms with Gasteiger partial charge in [0, 0.05) is 24.0 Å². The van der Waals surface area contributed by atoms with Crippen LogP contribution in [0.4, 0.5) is 5.69 Å². The van der Waals surface area contributed by atoms with Crippen LogP contribution in [-0.2, 0) is 13.2 Å². The third-order valence-corrected chi connectivity index (χ3v) is 4.79. The molecule has 0 unspecified atom stereocenters. The summed E-state index contributed by atoms with van der Waals surface area (Å²) in [6.45, 7) is 0.983. The second-order valence-electron chi connectivity index (χ2n) is 5.75. The Morgan fingerprint density at radius 2 is 1.70 bits per heavy atom. The fraction of sp³-hybridized carbons (Fsp3) is 0.150. The third-order valence-electron chi connectivity index (χ3n) is 3.83. The highest BCUT2D eigenvalue weighted by Gasteiger charge is 2.07. The lowest BCUT2D eigenvalue weighted by atomic mass is 10.2. The van der Waals surface area contributed by atoms with Gasteiger partial charge in [0.1, 0.15) is 11.8 Å². The fourth-order valence-electron chi connectivity index (χ4n) is 2.40. The normalized spacial score (nSPS) is 10.5. The molecular weight excluding hydrogens is 407 g/mol. The van der Waals surface area contributed by atoms with E-state index in [4.69, 9.17) is 44.3 Å². The lowest BCUT2D eigenvalue weighted by Gasteiger charge is -2.13. The standard InChI is InChI=1S/C20H17Cl3N2O2/c1-26-19-8-13(10-24-15-4-5-16(21)17(22)9-15)2-6-18(19)27-12-14-3-7-20(23)25-11-14/h2-9,11,24H,10,12H2,1H3. The van der Waals surface area contributed by atoms with E-state index in [2.05, 4.69) is 10.3 Å². The molecule has 7 heteroatoms. The zero-order chi connectivity index (χ0) is 19.2. The number of aromatic nitrogens is 1. The summed E-state index contributed by atoms with van der Waals surface area (Å²) in [6, 6.07) is 14.8. The molecule has 0 atom stereocenters. The Balaban J connectivity index is 1.64. The van der Waals surface area contributed by atoms with Gasteiger partial charge in [-0.15, -0.1) is 0 Å². The molecule has 140 valence electrons. The quantitative estimate of drug-likeness (QED) is 0.457. The van der Waals surface area contributed by atoms with E-state index in [9.17, 15) is 0 Å². The summed E-state index contributed by atoms with van der Waals surface area (Å²) in [5.41, 5.74) is 2.85. The van der Waals surface area contributed by atoms with Crippen LogP contribution < -0.4 is 14.8 Å². The van der Waals surface area contributed by atoms with Crippen molar-refractivity contribution in [2.45, 2.75) is 13.2 Å². The average Bonchev–Trinajstić information content (AvgIpc) is 2.68. The predicted molar refractivity (Wildman–Crippen MR) is 110 cm³/mol. The molecule has 0 fully saturated rings. The number of nitrogens with one attached hydrogen (secondary N) is 1. The molecule has 27 heavy (non-hydrogen) atoms. The maximum absolute atomic E-state index is 6.04. The largest absolute Gasteiger partial charge is 0.493 e. The number of ether oxygens (including phenoxy) is 2. The summed E-state index contributed by atoms with van der Waals surface area (Å²) in [7, 11) is 1.61. The van der Waals surface area contributed by atoms with Crippen LogP contribution in [0.5, 0.6) is 11.5 Å². The van der Waals surface area contributed by atoms with Gasteiger partial charge in [0.05, 0.1) is 17.2 Å². The number of halogens is 3. The highest BCUT2D eigenvalue weighted by molar-refractivity contribution is 6.42. The Kier molecular flexibility index (Phi) is 6.67. The molecule has 1 heterocycles. The van der Waals surface area contributed by atoms with Crippen molar-refractivity contribution in [3.05, 3.63) is 81.1 Å². The third kappa shape index (κ3) is 5.42. The Morgan fingerprint density at radius 1 is 0.889 bits per heavy atom. The summed E-state index contributed by atoms with van der Waals surface area (Å²) < 4.78 is 11.3. The van der Waals surface area contributed by atoms with Gasteiger partial charge in [0.25, 0.3) is 0 Å². The van der Waals surface area contributed by atoms with Gasteiger partial charge in [-0.25, -0.2) is 4.98 Å².